The van der Waals surface area contributed by atoms with E-state index in [2.05, 4.69) is 17.1 Å². The maximum atomic E-state index is 3.49. The summed E-state index contributed by atoms with van der Waals surface area (Å²) in [5.41, 5.74) is 0. The highest BCUT2D eigenvalue weighted by Crippen LogP contribution is 2.26. The van der Waals surface area contributed by atoms with Gasteiger partial charge in [-0.15, -0.1) is 0 Å². The molecule has 1 heterocycles. The summed E-state index contributed by atoms with van der Waals surface area (Å²) in [6, 6.07) is 1.79. The van der Waals surface area contributed by atoms with Crippen molar-refractivity contribution in [3.8, 4) is 0 Å². The topological polar surface area (TPSA) is 15.3 Å². The first-order valence-electron chi connectivity index (χ1n) is 7.38. The zero-order valence-corrected chi connectivity index (χ0v) is 10.9. The predicted molar refractivity (Wildman–Crippen MR) is 69.8 cm³/mol. The number of hydrogen-bond acceptors (Lipinski definition) is 2. The van der Waals surface area contributed by atoms with Crippen LogP contribution in [0.5, 0.6) is 0 Å². The van der Waals surface area contributed by atoms with Crippen LogP contribution in [0.4, 0.5) is 0 Å². The molecule has 0 bridgehead atoms. The fourth-order valence-corrected chi connectivity index (χ4v) is 3.47. The van der Waals surface area contributed by atoms with Gasteiger partial charge in [0, 0.05) is 12.1 Å². The van der Waals surface area contributed by atoms with Gasteiger partial charge in [-0.1, -0.05) is 26.2 Å². The molecule has 0 aromatic carbocycles. The number of hydrogen-bond donors (Lipinski definition) is 1. The van der Waals surface area contributed by atoms with Gasteiger partial charge >= 0.3 is 0 Å². The molecule has 1 saturated carbocycles. The van der Waals surface area contributed by atoms with Gasteiger partial charge < -0.3 is 5.32 Å². The highest BCUT2D eigenvalue weighted by Gasteiger charge is 2.27. The van der Waals surface area contributed by atoms with E-state index in [1.54, 1.807) is 0 Å². The molecule has 2 rings (SSSR count). The van der Waals surface area contributed by atoms with E-state index in [0.29, 0.717) is 0 Å². The summed E-state index contributed by atoms with van der Waals surface area (Å²) in [4.78, 5) is 2.86. The Morgan fingerprint density at radius 3 is 2.19 bits per heavy atom. The van der Waals surface area contributed by atoms with Crippen LogP contribution in [-0.2, 0) is 0 Å². The van der Waals surface area contributed by atoms with Crippen molar-refractivity contribution in [2.75, 3.05) is 19.6 Å². The second-order valence-corrected chi connectivity index (χ2v) is 5.51. The number of nitrogens with zero attached hydrogens (tertiary/aromatic N) is 1. The summed E-state index contributed by atoms with van der Waals surface area (Å²) in [7, 11) is 0. The summed E-state index contributed by atoms with van der Waals surface area (Å²) in [6.07, 6.45) is 11.4. The van der Waals surface area contributed by atoms with Gasteiger partial charge in [0.05, 0.1) is 0 Å². The largest absolute Gasteiger partial charge is 0.317 e. The zero-order chi connectivity index (χ0) is 11.2. The molecule has 0 aromatic rings. The van der Waals surface area contributed by atoms with Crippen molar-refractivity contribution in [1.29, 1.82) is 0 Å². The SMILES string of the molecule is CCCN(C1CCCCC1)C1CCNCC1. The van der Waals surface area contributed by atoms with Crippen LogP contribution in [0.3, 0.4) is 0 Å². The number of nitrogens with one attached hydrogen (secondary N) is 1. The smallest absolute Gasteiger partial charge is 0.0122 e. The van der Waals surface area contributed by atoms with Crippen molar-refractivity contribution in [3.05, 3.63) is 0 Å². The van der Waals surface area contributed by atoms with Gasteiger partial charge in [-0.2, -0.15) is 0 Å². The lowest BCUT2D eigenvalue weighted by Crippen LogP contribution is -2.49. The molecule has 16 heavy (non-hydrogen) atoms. The van der Waals surface area contributed by atoms with E-state index in [1.807, 2.05) is 0 Å². The lowest BCUT2D eigenvalue weighted by atomic mass is 9.91. The Hall–Kier alpha value is -0.0800. The first-order chi connectivity index (χ1) is 7.92. The van der Waals surface area contributed by atoms with Crippen LogP contribution in [0.25, 0.3) is 0 Å². The molecule has 1 aliphatic carbocycles. The third-order valence-electron chi connectivity index (χ3n) is 4.30. The molecule has 0 spiro atoms. The maximum Gasteiger partial charge on any atom is 0.0122 e. The van der Waals surface area contributed by atoms with Gasteiger partial charge in [0.1, 0.15) is 0 Å². The Kier molecular flexibility index (Phi) is 5.11. The van der Waals surface area contributed by atoms with Crippen LogP contribution < -0.4 is 5.32 Å². The molecule has 2 nitrogen and oxygen atoms in total. The summed E-state index contributed by atoms with van der Waals surface area (Å²) < 4.78 is 0. The monoisotopic (exact) mass is 224 g/mol. The van der Waals surface area contributed by atoms with Gasteiger partial charge in [-0.05, 0) is 51.7 Å². The first kappa shape index (κ1) is 12.4. The van der Waals surface area contributed by atoms with E-state index in [4.69, 9.17) is 0 Å². The van der Waals surface area contributed by atoms with Crippen molar-refractivity contribution < 1.29 is 0 Å². The summed E-state index contributed by atoms with van der Waals surface area (Å²) >= 11 is 0. The van der Waals surface area contributed by atoms with Crippen LogP contribution in [0, 0.1) is 0 Å². The Morgan fingerprint density at radius 1 is 0.938 bits per heavy atom. The zero-order valence-electron chi connectivity index (χ0n) is 10.9. The van der Waals surface area contributed by atoms with Gasteiger partial charge in [-0.3, -0.25) is 4.90 Å². The summed E-state index contributed by atoms with van der Waals surface area (Å²) in [5, 5.41) is 3.49. The second kappa shape index (κ2) is 6.61. The van der Waals surface area contributed by atoms with Crippen molar-refractivity contribution in [2.45, 2.75) is 70.4 Å². The molecule has 2 heteroatoms. The third kappa shape index (κ3) is 3.21. The Morgan fingerprint density at radius 2 is 1.56 bits per heavy atom. The van der Waals surface area contributed by atoms with Gasteiger partial charge in [0.15, 0.2) is 0 Å². The molecule has 1 N–H and O–H groups in total. The van der Waals surface area contributed by atoms with E-state index >= 15 is 0 Å². The Bertz CT molecular complexity index is 163. The Labute approximate surface area is 101 Å². The lowest BCUT2D eigenvalue weighted by Gasteiger charge is -2.41. The van der Waals surface area contributed by atoms with Gasteiger partial charge in [0.25, 0.3) is 0 Å². The van der Waals surface area contributed by atoms with Crippen LogP contribution in [0.15, 0.2) is 0 Å². The van der Waals surface area contributed by atoms with Crippen LogP contribution in [-0.4, -0.2) is 36.6 Å². The molecular formula is C14H28N2. The average Bonchev–Trinajstić information content (AvgIpc) is 2.38. The highest BCUT2D eigenvalue weighted by atomic mass is 15.2. The summed E-state index contributed by atoms with van der Waals surface area (Å²) in [5.74, 6) is 0. The molecule has 2 aliphatic rings. The minimum atomic E-state index is 0.879. The minimum Gasteiger partial charge on any atom is -0.317 e. The quantitative estimate of drug-likeness (QED) is 0.790. The molecule has 94 valence electrons. The first-order valence-corrected chi connectivity index (χ1v) is 7.38. The predicted octanol–water partition coefficient (Wildman–Crippen LogP) is 2.78. The van der Waals surface area contributed by atoms with Crippen molar-refractivity contribution >= 4 is 0 Å². The maximum absolute atomic E-state index is 3.49. The molecule has 0 atom stereocenters. The van der Waals surface area contributed by atoms with E-state index in [-0.39, 0.29) is 0 Å². The van der Waals surface area contributed by atoms with Crippen LogP contribution in [0.2, 0.25) is 0 Å². The third-order valence-corrected chi connectivity index (χ3v) is 4.30. The average molecular weight is 224 g/mol. The molecular weight excluding hydrogens is 196 g/mol. The second-order valence-electron chi connectivity index (χ2n) is 5.51. The number of piperidine rings is 1. The minimum absolute atomic E-state index is 0.879. The molecule has 1 saturated heterocycles. The molecule has 0 unspecified atom stereocenters. The fourth-order valence-electron chi connectivity index (χ4n) is 3.47. The standard InChI is InChI=1S/C14H28N2/c1-2-12-16(13-6-4-3-5-7-13)14-8-10-15-11-9-14/h13-15H,2-12H2,1H3. The highest BCUT2D eigenvalue weighted by molar-refractivity contribution is 4.84. The van der Waals surface area contributed by atoms with Crippen LogP contribution in [0.1, 0.15) is 58.3 Å². The van der Waals surface area contributed by atoms with E-state index in [9.17, 15) is 0 Å². The van der Waals surface area contributed by atoms with Gasteiger partial charge in [0.2, 0.25) is 0 Å². The molecule has 0 amide bonds. The Balaban J connectivity index is 1.91. The van der Waals surface area contributed by atoms with E-state index in [0.717, 1.165) is 12.1 Å². The summed E-state index contributed by atoms with van der Waals surface area (Å²) in [6.45, 7) is 6.13. The number of rotatable bonds is 4. The van der Waals surface area contributed by atoms with Crippen molar-refractivity contribution in [2.24, 2.45) is 0 Å². The normalized spacial score (nSPS) is 25.1. The van der Waals surface area contributed by atoms with Crippen molar-refractivity contribution in [1.82, 2.24) is 10.2 Å². The molecule has 2 fully saturated rings. The van der Waals surface area contributed by atoms with E-state index < -0.39 is 0 Å². The fraction of sp³-hybridized carbons (Fsp3) is 1.00. The van der Waals surface area contributed by atoms with Crippen LogP contribution >= 0.6 is 0 Å². The van der Waals surface area contributed by atoms with E-state index in [1.165, 1.54) is 71.0 Å². The molecule has 0 aromatic heterocycles. The van der Waals surface area contributed by atoms with Gasteiger partial charge in [-0.25, -0.2) is 0 Å². The van der Waals surface area contributed by atoms with Crippen molar-refractivity contribution in [3.63, 3.8) is 0 Å². The molecule has 0 radical (unpaired) electrons. The molecule has 1 aliphatic heterocycles. The lowest BCUT2D eigenvalue weighted by molar-refractivity contribution is 0.0848.